The molecule has 1 saturated heterocycles. The van der Waals surface area contributed by atoms with Crippen molar-refractivity contribution >= 4 is 11.6 Å². The largest absolute Gasteiger partial charge is 0.490 e. The molecule has 1 aliphatic rings. The zero-order valence-corrected chi connectivity index (χ0v) is 16.2. The molecule has 3 rings (SSSR count). The summed E-state index contributed by atoms with van der Waals surface area (Å²) in [5, 5.41) is 13.8. The van der Waals surface area contributed by atoms with E-state index in [1.807, 2.05) is 24.3 Å². The van der Waals surface area contributed by atoms with Gasteiger partial charge in [-0.1, -0.05) is 18.2 Å². The molecule has 0 saturated carbocycles. The van der Waals surface area contributed by atoms with Gasteiger partial charge < -0.3 is 15.0 Å². The summed E-state index contributed by atoms with van der Waals surface area (Å²) >= 11 is 0. The summed E-state index contributed by atoms with van der Waals surface area (Å²) in [6.45, 7) is 4.02. The van der Waals surface area contributed by atoms with Crippen LogP contribution >= 0.6 is 0 Å². The fourth-order valence-electron chi connectivity index (χ4n) is 3.33. The predicted molar refractivity (Wildman–Crippen MR) is 107 cm³/mol. The van der Waals surface area contributed by atoms with Crippen LogP contribution in [0.4, 0.5) is 5.69 Å². The number of nitrogens with zero attached hydrogens (tertiary/aromatic N) is 2. The summed E-state index contributed by atoms with van der Waals surface area (Å²) in [7, 11) is 2.12. The number of amides is 1. The molecule has 0 unspecified atom stereocenters. The number of carbonyl (C=O) groups excluding carboxylic acids is 1. The van der Waals surface area contributed by atoms with E-state index in [1.165, 1.54) is 12.1 Å². The Morgan fingerprint density at radius 3 is 2.54 bits per heavy atom. The van der Waals surface area contributed by atoms with Crippen LogP contribution < -0.4 is 10.1 Å². The number of nitrogens with one attached hydrogen (secondary N) is 1. The van der Waals surface area contributed by atoms with E-state index in [-0.39, 0.29) is 17.7 Å². The molecule has 1 heterocycles. The lowest BCUT2D eigenvalue weighted by atomic mass is 10.1. The zero-order chi connectivity index (χ0) is 20.1. The van der Waals surface area contributed by atoms with E-state index >= 15 is 0 Å². The Morgan fingerprint density at radius 1 is 1.21 bits per heavy atom. The Bertz CT molecular complexity index is 843. The van der Waals surface area contributed by atoms with E-state index in [0.717, 1.165) is 37.2 Å². The lowest BCUT2D eigenvalue weighted by Crippen LogP contribution is -2.35. The van der Waals surface area contributed by atoms with Crippen LogP contribution in [-0.2, 0) is 6.54 Å². The maximum Gasteiger partial charge on any atom is 0.273 e. The second-order valence-electron chi connectivity index (χ2n) is 7.15. The van der Waals surface area contributed by atoms with Crippen molar-refractivity contribution in [3.63, 3.8) is 0 Å². The number of benzene rings is 2. The van der Waals surface area contributed by atoms with Crippen molar-refractivity contribution in [3.8, 4) is 5.75 Å². The van der Waals surface area contributed by atoms with Gasteiger partial charge in [0.2, 0.25) is 0 Å². The molecule has 1 N–H and O–H groups in total. The summed E-state index contributed by atoms with van der Waals surface area (Å²) in [6.07, 6.45) is 2.30. The van der Waals surface area contributed by atoms with Crippen LogP contribution in [0.5, 0.6) is 5.75 Å². The number of carbonyl (C=O) groups is 1. The highest BCUT2D eigenvalue weighted by molar-refractivity contribution is 5.96. The standard InChI is InChI=1S/C21H25N3O4/c1-15-19(4-3-5-20(15)24(26)27)21(25)22-14-16-6-8-17(9-7-16)28-18-10-12-23(2)13-11-18/h3-9,18H,10-14H2,1-2H3,(H,22,25). The van der Waals surface area contributed by atoms with Crippen molar-refractivity contribution in [1.82, 2.24) is 10.2 Å². The highest BCUT2D eigenvalue weighted by atomic mass is 16.6. The second kappa shape index (κ2) is 8.84. The van der Waals surface area contributed by atoms with Gasteiger partial charge in [-0.2, -0.15) is 0 Å². The van der Waals surface area contributed by atoms with Gasteiger partial charge in [0.25, 0.3) is 11.6 Å². The Morgan fingerprint density at radius 2 is 1.89 bits per heavy atom. The van der Waals surface area contributed by atoms with Crippen molar-refractivity contribution in [2.24, 2.45) is 0 Å². The van der Waals surface area contributed by atoms with Crippen LogP contribution in [0.25, 0.3) is 0 Å². The van der Waals surface area contributed by atoms with Crippen LogP contribution in [0.15, 0.2) is 42.5 Å². The normalized spacial score (nSPS) is 15.2. The number of nitro groups is 1. The fourth-order valence-corrected chi connectivity index (χ4v) is 3.33. The van der Waals surface area contributed by atoms with Crippen molar-refractivity contribution in [3.05, 3.63) is 69.3 Å². The first-order valence-electron chi connectivity index (χ1n) is 9.40. The summed E-state index contributed by atoms with van der Waals surface area (Å²) in [4.78, 5) is 25.3. The number of hydrogen-bond acceptors (Lipinski definition) is 5. The highest BCUT2D eigenvalue weighted by Gasteiger charge is 2.19. The van der Waals surface area contributed by atoms with Crippen LogP contribution in [-0.4, -0.2) is 42.0 Å². The molecule has 148 valence electrons. The molecule has 1 amide bonds. The van der Waals surface area contributed by atoms with Gasteiger partial charge in [0.05, 0.1) is 4.92 Å². The van der Waals surface area contributed by atoms with Gasteiger partial charge >= 0.3 is 0 Å². The van der Waals surface area contributed by atoms with Crippen LogP contribution in [0.1, 0.15) is 34.3 Å². The summed E-state index contributed by atoms with van der Waals surface area (Å²) < 4.78 is 6.03. The van der Waals surface area contributed by atoms with Crippen LogP contribution in [0, 0.1) is 17.0 Å². The topological polar surface area (TPSA) is 84.7 Å². The molecule has 1 aliphatic heterocycles. The van der Waals surface area contributed by atoms with E-state index in [9.17, 15) is 14.9 Å². The molecule has 28 heavy (non-hydrogen) atoms. The van der Waals surface area contributed by atoms with E-state index < -0.39 is 4.92 Å². The molecule has 2 aromatic rings. The maximum atomic E-state index is 12.4. The molecular formula is C21H25N3O4. The minimum atomic E-state index is -0.477. The number of ether oxygens (including phenoxy) is 1. The third-order valence-electron chi connectivity index (χ3n) is 5.09. The first-order valence-corrected chi connectivity index (χ1v) is 9.40. The third kappa shape index (κ3) is 4.86. The maximum absolute atomic E-state index is 12.4. The average molecular weight is 383 g/mol. The molecule has 7 nitrogen and oxygen atoms in total. The van der Waals surface area contributed by atoms with Gasteiger partial charge in [-0.25, -0.2) is 0 Å². The molecule has 0 atom stereocenters. The first kappa shape index (κ1) is 19.8. The van der Waals surface area contributed by atoms with E-state index in [1.54, 1.807) is 13.0 Å². The summed E-state index contributed by atoms with van der Waals surface area (Å²) in [6, 6.07) is 12.2. The molecule has 2 aromatic carbocycles. The highest BCUT2D eigenvalue weighted by Crippen LogP contribution is 2.22. The fraction of sp³-hybridized carbons (Fsp3) is 0.381. The molecule has 0 aromatic heterocycles. The van der Waals surface area contributed by atoms with Crippen molar-refractivity contribution in [2.75, 3.05) is 20.1 Å². The number of nitro benzene ring substituents is 1. The Balaban J connectivity index is 1.55. The quantitative estimate of drug-likeness (QED) is 0.611. The van der Waals surface area contributed by atoms with Gasteiger partial charge in [0, 0.05) is 36.8 Å². The number of likely N-dealkylation sites (tertiary alicyclic amines) is 1. The summed E-state index contributed by atoms with van der Waals surface area (Å²) in [5.74, 6) is 0.506. The monoisotopic (exact) mass is 383 g/mol. The molecular weight excluding hydrogens is 358 g/mol. The third-order valence-corrected chi connectivity index (χ3v) is 5.09. The molecule has 0 aliphatic carbocycles. The van der Waals surface area contributed by atoms with Crippen LogP contribution in [0.2, 0.25) is 0 Å². The molecule has 0 bridgehead atoms. The van der Waals surface area contributed by atoms with Crippen LogP contribution in [0.3, 0.4) is 0 Å². The van der Waals surface area contributed by atoms with E-state index in [4.69, 9.17) is 4.74 Å². The van der Waals surface area contributed by atoms with E-state index in [2.05, 4.69) is 17.3 Å². The first-order chi connectivity index (χ1) is 13.4. The zero-order valence-electron chi connectivity index (χ0n) is 16.2. The average Bonchev–Trinajstić information content (AvgIpc) is 2.69. The van der Waals surface area contributed by atoms with Gasteiger partial charge in [0.1, 0.15) is 11.9 Å². The van der Waals surface area contributed by atoms with Crippen molar-refractivity contribution in [1.29, 1.82) is 0 Å². The lowest BCUT2D eigenvalue weighted by molar-refractivity contribution is -0.385. The Labute approximate surface area is 164 Å². The van der Waals surface area contributed by atoms with Crippen molar-refractivity contribution < 1.29 is 14.5 Å². The second-order valence-corrected chi connectivity index (χ2v) is 7.15. The Kier molecular flexibility index (Phi) is 6.26. The lowest BCUT2D eigenvalue weighted by Gasteiger charge is -2.29. The smallest absolute Gasteiger partial charge is 0.273 e. The van der Waals surface area contributed by atoms with Crippen molar-refractivity contribution in [2.45, 2.75) is 32.4 Å². The molecule has 0 spiro atoms. The molecule has 1 fully saturated rings. The SMILES string of the molecule is Cc1c(C(=O)NCc2ccc(OC3CCN(C)CC3)cc2)cccc1[N+](=O)[O-]. The number of hydrogen-bond donors (Lipinski definition) is 1. The molecule has 0 radical (unpaired) electrons. The number of piperidine rings is 1. The van der Waals surface area contributed by atoms with Gasteiger partial charge in [0.15, 0.2) is 0 Å². The van der Waals surface area contributed by atoms with Gasteiger partial charge in [-0.3, -0.25) is 14.9 Å². The minimum Gasteiger partial charge on any atom is -0.490 e. The Hall–Kier alpha value is -2.93. The molecule has 7 heteroatoms. The summed E-state index contributed by atoms with van der Waals surface area (Å²) in [5.41, 5.74) is 1.57. The minimum absolute atomic E-state index is 0.0527. The van der Waals surface area contributed by atoms with Gasteiger partial charge in [-0.15, -0.1) is 0 Å². The predicted octanol–water partition coefficient (Wildman–Crippen LogP) is 3.31. The van der Waals surface area contributed by atoms with E-state index in [0.29, 0.717) is 17.7 Å². The van der Waals surface area contributed by atoms with Gasteiger partial charge in [-0.05, 0) is 50.6 Å². The number of rotatable bonds is 6.